The molecule has 2 amide bonds. The molecule has 10 heteroatoms. The Morgan fingerprint density at radius 3 is 2.52 bits per heavy atom. The molecule has 0 radical (unpaired) electrons. The molecule has 2 aromatic carbocycles. The maximum absolute atomic E-state index is 12.3. The van der Waals surface area contributed by atoms with Gasteiger partial charge in [-0.3, -0.25) is 9.59 Å². The van der Waals surface area contributed by atoms with E-state index in [1.54, 1.807) is 5.32 Å². The average Bonchev–Trinajstić information content (AvgIpc) is 2.60. The molecule has 27 heavy (non-hydrogen) atoms. The smallest absolute Gasteiger partial charge is 0.471 e. The molecule has 0 heterocycles. The largest absolute Gasteiger partial charge is 0.507 e. The van der Waals surface area contributed by atoms with Gasteiger partial charge in [0.1, 0.15) is 5.75 Å². The second kappa shape index (κ2) is 8.09. The van der Waals surface area contributed by atoms with Crippen molar-refractivity contribution in [1.82, 2.24) is 5.43 Å². The molecule has 2 rings (SSSR count). The molecule has 0 aromatic heterocycles. The first kappa shape index (κ1) is 20.2. The van der Waals surface area contributed by atoms with E-state index < -0.39 is 18.0 Å². The number of phenols is 1. The molecule has 0 atom stereocenters. The van der Waals surface area contributed by atoms with Crippen LogP contribution in [0.15, 0.2) is 47.6 Å². The molecule has 3 N–H and O–H groups in total. The van der Waals surface area contributed by atoms with Gasteiger partial charge in [0.05, 0.1) is 11.3 Å². The summed E-state index contributed by atoms with van der Waals surface area (Å²) in [5, 5.41) is 15.5. The molecule has 6 nitrogen and oxygen atoms in total. The molecule has 0 aliphatic carbocycles. The van der Waals surface area contributed by atoms with Gasteiger partial charge in [-0.05, 0) is 42.8 Å². The number of halogens is 4. The number of anilines is 1. The summed E-state index contributed by atoms with van der Waals surface area (Å²) in [6.45, 7) is 1.50. The number of rotatable bonds is 4. The van der Waals surface area contributed by atoms with Gasteiger partial charge in [-0.2, -0.15) is 18.3 Å². The Balaban J connectivity index is 2.14. The molecule has 0 unspecified atom stereocenters. The number of hydrazone groups is 1. The number of alkyl halides is 3. The van der Waals surface area contributed by atoms with Gasteiger partial charge in [-0.25, -0.2) is 5.43 Å². The van der Waals surface area contributed by atoms with Gasteiger partial charge < -0.3 is 10.4 Å². The number of nitrogens with zero attached hydrogens (tertiary/aromatic N) is 1. The first-order valence-electron chi connectivity index (χ1n) is 7.39. The minimum absolute atomic E-state index is 0.0804. The zero-order chi connectivity index (χ0) is 20.2. The fourth-order valence-electron chi connectivity index (χ4n) is 1.97. The molecule has 0 saturated carbocycles. The van der Waals surface area contributed by atoms with Crippen molar-refractivity contribution >= 4 is 34.8 Å². The fraction of sp³-hybridized carbons (Fsp3) is 0.118. The Hall–Kier alpha value is -3.07. The molecular formula is C17H13ClF3N3O3. The van der Waals surface area contributed by atoms with Gasteiger partial charge in [0.25, 0.3) is 5.91 Å². The monoisotopic (exact) mass is 399 g/mol. The van der Waals surface area contributed by atoms with Crippen LogP contribution in [0, 0.1) is 0 Å². The molecule has 0 bridgehead atoms. The lowest BCUT2D eigenvalue weighted by Crippen LogP contribution is -2.29. The molecular weight excluding hydrogens is 387 g/mol. The number of hydrogen-bond acceptors (Lipinski definition) is 4. The molecule has 0 aliphatic rings. The average molecular weight is 400 g/mol. The standard InChI is InChI=1S/C17H13ClF3N3O3/c1-9(23-24-15(26)13-8-11(18)5-6-14(13)25)10-3-2-4-12(7-10)22-16(27)17(19,20)21/h2-8,25H,1H3,(H,22,27)(H,24,26)/b23-9-. The predicted molar refractivity (Wildman–Crippen MR) is 93.9 cm³/mol. The summed E-state index contributed by atoms with van der Waals surface area (Å²) in [4.78, 5) is 23.0. The number of hydrogen-bond donors (Lipinski definition) is 3. The fourth-order valence-corrected chi connectivity index (χ4v) is 2.15. The molecule has 0 fully saturated rings. The van der Waals surface area contributed by atoms with Crippen molar-refractivity contribution in [1.29, 1.82) is 0 Å². The Morgan fingerprint density at radius 2 is 1.85 bits per heavy atom. The van der Waals surface area contributed by atoms with Gasteiger partial charge in [0.15, 0.2) is 0 Å². The third-order valence-electron chi connectivity index (χ3n) is 3.32. The van der Waals surface area contributed by atoms with Crippen LogP contribution >= 0.6 is 11.6 Å². The Labute approximate surface area is 156 Å². The van der Waals surface area contributed by atoms with Gasteiger partial charge in [-0.1, -0.05) is 23.7 Å². The van der Waals surface area contributed by atoms with Gasteiger partial charge in [-0.15, -0.1) is 0 Å². The highest BCUT2D eigenvalue weighted by atomic mass is 35.5. The summed E-state index contributed by atoms with van der Waals surface area (Å²) in [5.74, 6) is -3.11. The normalized spacial score (nSPS) is 11.8. The van der Waals surface area contributed by atoms with E-state index in [0.29, 0.717) is 5.56 Å². The van der Waals surface area contributed by atoms with E-state index in [4.69, 9.17) is 11.6 Å². The van der Waals surface area contributed by atoms with Gasteiger partial charge in [0, 0.05) is 10.7 Å². The van der Waals surface area contributed by atoms with Crippen LogP contribution in [0.2, 0.25) is 5.02 Å². The zero-order valence-corrected chi connectivity index (χ0v) is 14.5. The van der Waals surface area contributed by atoms with E-state index in [9.17, 15) is 27.9 Å². The third-order valence-corrected chi connectivity index (χ3v) is 3.56. The van der Waals surface area contributed by atoms with Crippen molar-refractivity contribution in [3.8, 4) is 5.75 Å². The second-order valence-corrected chi connectivity index (χ2v) is 5.77. The number of aromatic hydroxyl groups is 1. The van der Waals surface area contributed by atoms with Crippen molar-refractivity contribution < 1.29 is 27.9 Å². The highest BCUT2D eigenvalue weighted by Gasteiger charge is 2.38. The van der Waals surface area contributed by atoms with Crippen LogP contribution in [0.25, 0.3) is 0 Å². The molecule has 0 saturated heterocycles. The van der Waals surface area contributed by atoms with Crippen LogP contribution in [0.4, 0.5) is 18.9 Å². The van der Waals surface area contributed by atoms with Crippen LogP contribution in [0.3, 0.4) is 0 Å². The highest BCUT2D eigenvalue weighted by molar-refractivity contribution is 6.31. The van der Waals surface area contributed by atoms with Gasteiger partial charge >= 0.3 is 12.1 Å². The van der Waals surface area contributed by atoms with E-state index in [0.717, 1.165) is 0 Å². The predicted octanol–water partition coefficient (Wildman–Crippen LogP) is 3.70. The van der Waals surface area contributed by atoms with E-state index in [2.05, 4.69) is 10.5 Å². The maximum atomic E-state index is 12.3. The quantitative estimate of drug-likeness (QED) is 0.541. The van der Waals surface area contributed by atoms with E-state index in [1.165, 1.54) is 49.4 Å². The summed E-state index contributed by atoms with van der Waals surface area (Å²) in [5.41, 5.74) is 2.66. The lowest BCUT2D eigenvalue weighted by atomic mass is 10.1. The van der Waals surface area contributed by atoms with E-state index in [-0.39, 0.29) is 27.7 Å². The summed E-state index contributed by atoms with van der Waals surface area (Å²) >= 11 is 5.77. The lowest BCUT2D eigenvalue weighted by molar-refractivity contribution is -0.167. The Morgan fingerprint density at radius 1 is 1.15 bits per heavy atom. The van der Waals surface area contributed by atoms with Crippen LogP contribution in [0.1, 0.15) is 22.8 Å². The summed E-state index contributed by atoms with van der Waals surface area (Å²) in [6, 6.07) is 9.42. The maximum Gasteiger partial charge on any atom is 0.471 e. The Kier molecular flexibility index (Phi) is 6.06. The van der Waals surface area contributed by atoms with Crippen molar-refractivity contribution in [2.45, 2.75) is 13.1 Å². The highest BCUT2D eigenvalue weighted by Crippen LogP contribution is 2.21. The summed E-state index contributed by atoms with van der Waals surface area (Å²) < 4.78 is 36.9. The Bertz CT molecular complexity index is 914. The van der Waals surface area contributed by atoms with Crippen molar-refractivity contribution in [3.05, 3.63) is 58.6 Å². The first-order valence-corrected chi connectivity index (χ1v) is 7.77. The zero-order valence-electron chi connectivity index (χ0n) is 13.8. The number of carbonyl (C=O) groups excluding carboxylic acids is 2. The van der Waals surface area contributed by atoms with Crippen LogP contribution in [0.5, 0.6) is 5.75 Å². The minimum atomic E-state index is -5.01. The lowest BCUT2D eigenvalue weighted by Gasteiger charge is -2.09. The number of benzene rings is 2. The molecule has 0 aliphatic heterocycles. The SMILES string of the molecule is C/C(=N/NC(=O)c1cc(Cl)ccc1O)c1cccc(NC(=O)C(F)(F)F)c1. The van der Waals surface area contributed by atoms with Crippen LogP contribution < -0.4 is 10.7 Å². The van der Waals surface area contributed by atoms with Gasteiger partial charge in [0.2, 0.25) is 0 Å². The number of carbonyl (C=O) groups is 2. The minimum Gasteiger partial charge on any atom is -0.507 e. The summed E-state index contributed by atoms with van der Waals surface area (Å²) in [7, 11) is 0. The second-order valence-electron chi connectivity index (χ2n) is 5.33. The van der Waals surface area contributed by atoms with E-state index in [1.807, 2.05) is 0 Å². The summed E-state index contributed by atoms with van der Waals surface area (Å²) in [6.07, 6.45) is -5.01. The first-order chi connectivity index (χ1) is 12.6. The van der Waals surface area contributed by atoms with Crippen molar-refractivity contribution in [2.24, 2.45) is 5.10 Å². The molecule has 2 aromatic rings. The van der Waals surface area contributed by atoms with Crippen molar-refractivity contribution in [3.63, 3.8) is 0 Å². The van der Waals surface area contributed by atoms with Crippen LogP contribution in [-0.4, -0.2) is 28.8 Å². The van der Waals surface area contributed by atoms with Crippen molar-refractivity contribution in [2.75, 3.05) is 5.32 Å². The van der Waals surface area contributed by atoms with Crippen LogP contribution in [-0.2, 0) is 4.79 Å². The molecule has 0 spiro atoms. The number of amides is 2. The number of phenolic OH excluding ortho intramolecular Hbond substituents is 1. The topological polar surface area (TPSA) is 90.8 Å². The number of nitrogens with one attached hydrogen (secondary N) is 2. The van der Waals surface area contributed by atoms with E-state index >= 15 is 0 Å². The third kappa shape index (κ3) is 5.45. The molecule has 142 valence electrons.